The van der Waals surface area contributed by atoms with E-state index < -0.39 is 5.82 Å². The molecule has 0 radical (unpaired) electrons. The van der Waals surface area contributed by atoms with Crippen molar-refractivity contribution < 1.29 is 18.9 Å². The molecule has 0 atom stereocenters. The number of rotatable bonds is 6. The van der Waals surface area contributed by atoms with Gasteiger partial charge in [-0.3, -0.25) is 20.4 Å². The lowest BCUT2D eigenvalue weighted by atomic mass is 10.1. The molecular weight excluding hydrogens is 495 g/mol. The van der Waals surface area contributed by atoms with Crippen LogP contribution in [0.3, 0.4) is 0 Å². The largest absolute Gasteiger partial charge is 0.362 e. The number of hydrogen-bond acceptors (Lipinski definition) is 7. The summed E-state index contributed by atoms with van der Waals surface area (Å²) in [4.78, 5) is 19.3. The van der Waals surface area contributed by atoms with Crippen molar-refractivity contribution in [2.75, 3.05) is 31.5 Å². The zero-order valence-corrected chi connectivity index (χ0v) is 19.1. The Labute approximate surface area is 197 Å². The topological polar surface area (TPSA) is 115 Å². The van der Waals surface area contributed by atoms with E-state index in [1.54, 1.807) is 12.1 Å². The van der Waals surface area contributed by atoms with Crippen LogP contribution < -0.4 is 16.1 Å². The SMILES string of the molecule is O=C(Nc1nocc1C(=Nc1ccc(F)c(Br)c1)NO)c1ccc(CN2CCNCC2)cc1. The fourth-order valence-corrected chi connectivity index (χ4v) is 3.76. The third-order valence-electron chi connectivity index (χ3n) is 5.14. The average Bonchev–Trinajstić information content (AvgIpc) is 3.28. The smallest absolute Gasteiger partial charge is 0.256 e. The minimum atomic E-state index is -0.440. The Balaban J connectivity index is 1.46. The number of carbonyl (C=O) groups is 1. The fourth-order valence-electron chi connectivity index (χ4n) is 3.39. The van der Waals surface area contributed by atoms with E-state index in [1.165, 1.54) is 24.5 Å². The lowest BCUT2D eigenvalue weighted by Crippen LogP contribution is -2.42. The summed E-state index contributed by atoms with van der Waals surface area (Å²) in [5, 5.41) is 19.4. The molecule has 1 amide bonds. The summed E-state index contributed by atoms with van der Waals surface area (Å²) >= 11 is 3.09. The summed E-state index contributed by atoms with van der Waals surface area (Å²) in [7, 11) is 0. The molecule has 1 aliphatic rings. The normalized spacial score (nSPS) is 14.8. The maximum Gasteiger partial charge on any atom is 0.256 e. The first kappa shape index (κ1) is 23.1. The van der Waals surface area contributed by atoms with Crippen LogP contribution in [0.5, 0.6) is 0 Å². The van der Waals surface area contributed by atoms with Crippen molar-refractivity contribution in [3.8, 4) is 0 Å². The molecule has 1 saturated heterocycles. The maximum atomic E-state index is 13.5. The molecule has 9 nitrogen and oxygen atoms in total. The van der Waals surface area contributed by atoms with Gasteiger partial charge in [-0.25, -0.2) is 9.38 Å². The van der Waals surface area contributed by atoms with E-state index in [9.17, 15) is 14.4 Å². The Morgan fingerprint density at radius 2 is 2.00 bits per heavy atom. The van der Waals surface area contributed by atoms with Gasteiger partial charge in [0.2, 0.25) is 0 Å². The number of aromatic nitrogens is 1. The van der Waals surface area contributed by atoms with Crippen molar-refractivity contribution in [2.45, 2.75) is 6.54 Å². The third kappa shape index (κ3) is 5.82. The minimum absolute atomic E-state index is 0.0311. The van der Waals surface area contributed by atoms with Gasteiger partial charge in [-0.2, -0.15) is 0 Å². The van der Waals surface area contributed by atoms with Crippen LogP contribution in [0.4, 0.5) is 15.9 Å². The number of carbonyl (C=O) groups excluding carboxylic acids is 1. The minimum Gasteiger partial charge on any atom is -0.362 e. The zero-order chi connectivity index (χ0) is 23.2. The Morgan fingerprint density at radius 1 is 1.24 bits per heavy atom. The molecule has 172 valence electrons. The van der Waals surface area contributed by atoms with Crippen molar-refractivity contribution in [3.05, 3.63) is 75.7 Å². The van der Waals surface area contributed by atoms with E-state index in [2.05, 4.69) is 41.6 Å². The van der Waals surface area contributed by atoms with Crippen LogP contribution in [0, 0.1) is 5.82 Å². The van der Waals surface area contributed by atoms with Crippen LogP contribution in [0.15, 0.2) is 62.7 Å². The van der Waals surface area contributed by atoms with Gasteiger partial charge < -0.3 is 15.2 Å². The zero-order valence-electron chi connectivity index (χ0n) is 17.5. The van der Waals surface area contributed by atoms with E-state index in [-0.39, 0.29) is 27.6 Å². The van der Waals surface area contributed by atoms with Crippen LogP contribution in [0.1, 0.15) is 21.5 Å². The Bertz CT molecular complexity index is 1150. The van der Waals surface area contributed by atoms with Crippen molar-refractivity contribution in [1.82, 2.24) is 20.9 Å². The van der Waals surface area contributed by atoms with Crippen molar-refractivity contribution in [2.24, 2.45) is 4.99 Å². The first-order chi connectivity index (χ1) is 16.0. The van der Waals surface area contributed by atoms with Gasteiger partial charge in [0.1, 0.15) is 17.6 Å². The van der Waals surface area contributed by atoms with E-state index in [4.69, 9.17) is 4.52 Å². The van der Waals surface area contributed by atoms with Crippen LogP contribution in [0.25, 0.3) is 0 Å². The first-order valence-corrected chi connectivity index (χ1v) is 11.0. The van der Waals surface area contributed by atoms with Crippen LogP contribution in [-0.2, 0) is 6.54 Å². The number of piperazine rings is 1. The molecule has 3 aromatic rings. The Morgan fingerprint density at radius 3 is 2.70 bits per heavy atom. The van der Waals surface area contributed by atoms with E-state index in [1.807, 2.05) is 17.6 Å². The van der Waals surface area contributed by atoms with Crippen LogP contribution >= 0.6 is 15.9 Å². The summed E-state index contributed by atoms with van der Waals surface area (Å²) in [5.74, 6) is -0.784. The summed E-state index contributed by atoms with van der Waals surface area (Å²) in [5.41, 5.74) is 4.13. The summed E-state index contributed by atoms with van der Waals surface area (Å²) in [6.45, 7) is 4.78. The number of nitrogens with zero attached hydrogens (tertiary/aromatic N) is 3. The predicted octanol–water partition coefficient (Wildman–Crippen LogP) is 3.29. The Hall–Kier alpha value is -3.12. The molecule has 4 N–H and O–H groups in total. The molecule has 0 bridgehead atoms. The highest BCUT2D eigenvalue weighted by Gasteiger charge is 2.18. The van der Waals surface area contributed by atoms with Gasteiger partial charge in [-0.1, -0.05) is 17.3 Å². The van der Waals surface area contributed by atoms with Gasteiger partial charge in [-0.05, 0) is 51.8 Å². The van der Waals surface area contributed by atoms with Gasteiger partial charge in [0, 0.05) is 38.3 Å². The number of aliphatic imine (C=N–C) groups is 1. The number of benzene rings is 2. The monoisotopic (exact) mass is 516 g/mol. The Kier molecular flexibility index (Phi) is 7.45. The van der Waals surface area contributed by atoms with Gasteiger partial charge >= 0.3 is 0 Å². The van der Waals surface area contributed by atoms with Crippen LogP contribution in [-0.4, -0.2) is 53.2 Å². The molecule has 0 saturated carbocycles. The number of hydrogen-bond donors (Lipinski definition) is 4. The molecule has 0 unspecified atom stereocenters. The highest BCUT2D eigenvalue weighted by molar-refractivity contribution is 9.10. The first-order valence-electron chi connectivity index (χ1n) is 10.3. The molecule has 1 aliphatic heterocycles. The van der Waals surface area contributed by atoms with E-state index >= 15 is 0 Å². The van der Waals surface area contributed by atoms with E-state index in [0.29, 0.717) is 11.3 Å². The molecule has 2 heterocycles. The van der Waals surface area contributed by atoms with Gasteiger partial charge in [-0.15, -0.1) is 0 Å². The predicted molar refractivity (Wildman–Crippen MR) is 124 cm³/mol. The second kappa shape index (κ2) is 10.7. The van der Waals surface area contributed by atoms with Crippen LogP contribution in [0.2, 0.25) is 0 Å². The highest BCUT2D eigenvalue weighted by atomic mass is 79.9. The average molecular weight is 517 g/mol. The number of nitrogens with one attached hydrogen (secondary N) is 3. The molecule has 33 heavy (non-hydrogen) atoms. The number of anilines is 1. The summed E-state index contributed by atoms with van der Waals surface area (Å²) in [6.07, 6.45) is 1.23. The summed E-state index contributed by atoms with van der Waals surface area (Å²) in [6, 6.07) is 11.5. The highest BCUT2D eigenvalue weighted by Crippen LogP contribution is 2.24. The number of halogens is 2. The standard InChI is InChI=1S/C22H22BrFN6O3/c23-18-11-16(5-6-19(18)24)26-20(28-32)17-13-33-29-21(17)27-22(31)15-3-1-14(2-4-15)12-30-9-7-25-8-10-30/h1-6,11,13,25,32H,7-10,12H2,(H,26,28)(H,27,29,31). The molecule has 1 aromatic heterocycles. The molecule has 11 heteroatoms. The molecule has 0 spiro atoms. The van der Waals surface area contributed by atoms with Crippen molar-refractivity contribution in [1.29, 1.82) is 0 Å². The van der Waals surface area contributed by atoms with E-state index in [0.717, 1.165) is 38.3 Å². The van der Waals surface area contributed by atoms with Crippen molar-refractivity contribution in [3.63, 3.8) is 0 Å². The molecule has 4 rings (SSSR count). The molecule has 0 aliphatic carbocycles. The number of amidine groups is 1. The number of hydroxylamine groups is 1. The lowest BCUT2D eigenvalue weighted by Gasteiger charge is -2.27. The number of amides is 1. The lowest BCUT2D eigenvalue weighted by molar-refractivity contribution is 0.102. The van der Waals surface area contributed by atoms with Crippen molar-refractivity contribution >= 4 is 39.2 Å². The summed E-state index contributed by atoms with van der Waals surface area (Å²) < 4.78 is 18.7. The third-order valence-corrected chi connectivity index (χ3v) is 5.75. The van der Waals surface area contributed by atoms with Gasteiger partial charge in [0.25, 0.3) is 5.91 Å². The molecule has 1 fully saturated rings. The quantitative estimate of drug-likeness (QED) is 0.225. The molecule has 2 aromatic carbocycles. The second-order valence-electron chi connectivity index (χ2n) is 7.42. The fraction of sp³-hybridized carbons (Fsp3) is 0.227. The second-order valence-corrected chi connectivity index (χ2v) is 8.28. The van der Waals surface area contributed by atoms with Gasteiger partial charge in [0.15, 0.2) is 11.7 Å². The molecular formula is C22H22BrFN6O3. The maximum absolute atomic E-state index is 13.5. The van der Waals surface area contributed by atoms with Gasteiger partial charge in [0.05, 0.1) is 10.2 Å².